The molecular weight excluding hydrogens is 272 g/mol. The van der Waals surface area contributed by atoms with Crippen molar-refractivity contribution in [2.24, 2.45) is 0 Å². The molecule has 0 aliphatic heterocycles. The van der Waals surface area contributed by atoms with Crippen LogP contribution in [-0.2, 0) is 13.1 Å². The van der Waals surface area contributed by atoms with E-state index < -0.39 is 5.97 Å². The average Bonchev–Trinajstić information content (AvgIpc) is 3.03. The maximum atomic E-state index is 11.3. The van der Waals surface area contributed by atoms with Gasteiger partial charge in [-0.3, -0.25) is 4.68 Å². The van der Waals surface area contributed by atoms with Crippen LogP contribution in [0.25, 0.3) is 11.3 Å². The van der Waals surface area contributed by atoms with Gasteiger partial charge in [0.15, 0.2) is 5.69 Å². The van der Waals surface area contributed by atoms with E-state index in [1.807, 2.05) is 27.2 Å². The van der Waals surface area contributed by atoms with Crippen LogP contribution in [0.3, 0.4) is 0 Å². The fourth-order valence-electron chi connectivity index (χ4n) is 2.09. The van der Waals surface area contributed by atoms with Gasteiger partial charge in [0.25, 0.3) is 0 Å². The zero-order chi connectivity index (χ0) is 15.4. The van der Waals surface area contributed by atoms with Crippen molar-refractivity contribution in [1.82, 2.24) is 29.7 Å². The third kappa shape index (κ3) is 3.46. The summed E-state index contributed by atoms with van der Waals surface area (Å²) in [7, 11) is 3.99. The molecule has 0 saturated carbocycles. The molecule has 2 aromatic rings. The first-order valence-electron chi connectivity index (χ1n) is 6.87. The molecule has 0 radical (unpaired) electrons. The summed E-state index contributed by atoms with van der Waals surface area (Å²) in [6, 6.07) is 0. The number of hydrogen-bond acceptors (Lipinski definition) is 5. The molecule has 0 bridgehead atoms. The van der Waals surface area contributed by atoms with Gasteiger partial charge in [-0.05, 0) is 34.0 Å². The number of carbonyl (C=O) groups is 1. The normalized spacial score (nSPS) is 11.2. The minimum Gasteiger partial charge on any atom is -0.476 e. The molecule has 0 aliphatic rings. The topological polar surface area (TPSA) is 89.1 Å². The molecule has 0 atom stereocenters. The van der Waals surface area contributed by atoms with Crippen LogP contribution in [0.5, 0.6) is 0 Å². The van der Waals surface area contributed by atoms with Gasteiger partial charge in [0.05, 0.1) is 6.20 Å². The largest absolute Gasteiger partial charge is 0.476 e. The number of hydrogen-bond donors (Lipinski definition) is 1. The number of carboxylic acids is 1. The van der Waals surface area contributed by atoms with E-state index in [-0.39, 0.29) is 5.69 Å². The highest BCUT2D eigenvalue weighted by molar-refractivity contribution is 5.92. The predicted octanol–water partition coefficient (Wildman–Crippen LogP) is 0.811. The number of aromatic nitrogens is 5. The van der Waals surface area contributed by atoms with Gasteiger partial charge in [-0.1, -0.05) is 5.21 Å². The second kappa shape index (κ2) is 6.49. The summed E-state index contributed by atoms with van der Waals surface area (Å²) in [5.41, 5.74) is 1.21. The molecule has 2 rings (SSSR count). The Hall–Kier alpha value is -2.22. The highest BCUT2D eigenvalue weighted by atomic mass is 16.4. The van der Waals surface area contributed by atoms with E-state index >= 15 is 0 Å². The first-order chi connectivity index (χ1) is 10.0. The highest BCUT2D eigenvalue weighted by Gasteiger charge is 2.21. The van der Waals surface area contributed by atoms with Crippen LogP contribution in [0.1, 0.15) is 23.8 Å². The van der Waals surface area contributed by atoms with Crippen LogP contribution >= 0.6 is 0 Å². The predicted molar refractivity (Wildman–Crippen MR) is 77.0 cm³/mol. The molecule has 0 spiro atoms. The molecule has 2 aromatic heterocycles. The Labute approximate surface area is 123 Å². The summed E-state index contributed by atoms with van der Waals surface area (Å²) in [5, 5.41) is 21.2. The molecule has 0 aromatic carbocycles. The quantitative estimate of drug-likeness (QED) is 0.812. The van der Waals surface area contributed by atoms with Gasteiger partial charge < -0.3 is 10.0 Å². The van der Waals surface area contributed by atoms with Crippen LogP contribution in [0.4, 0.5) is 0 Å². The third-order valence-corrected chi connectivity index (χ3v) is 3.14. The minimum absolute atomic E-state index is 0.0319. The lowest BCUT2D eigenvalue weighted by Gasteiger charge is -2.10. The lowest BCUT2D eigenvalue weighted by Crippen LogP contribution is -2.16. The molecule has 21 heavy (non-hydrogen) atoms. The molecule has 1 N–H and O–H groups in total. The van der Waals surface area contributed by atoms with Crippen LogP contribution in [0.15, 0.2) is 12.4 Å². The van der Waals surface area contributed by atoms with E-state index in [1.54, 1.807) is 15.6 Å². The summed E-state index contributed by atoms with van der Waals surface area (Å²) in [4.78, 5) is 13.4. The minimum atomic E-state index is -1.08. The fraction of sp³-hybridized carbons (Fsp3) is 0.538. The second-order valence-electron chi connectivity index (χ2n) is 5.06. The van der Waals surface area contributed by atoms with Crippen molar-refractivity contribution in [2.45, 2.75) is 26.4 Å². The van der Waals surface area contributed by atoms with Gasteiger partial charge in [-0.25, -0.2) is 9.48 Å². The standard InChI is InChI=1S/C13H20N6O2/c1-4-18-9-10(8-14-18)12-11(13(20)21)15-16-19(12)7-5-6-17(2)3/h8-9H,4-7H2,1-3H3,(H,20,21). The van der Waals surface area contributed by atoms with E-state index in [9.17, 15) is 9.90 Å². The van der Waals surface area contributed by atoms with Crippen molar-refractivity contribution >= 4 is 5.97 Å². The maximum absolute atomic E-state index is 11.3. The Morgan fingerprint density at radius 3 is 2.76 bits per heavy atom. The Morgan fingerprint density at radius 2 is 2.19 bits per heavy atom. The highest BCUT2D eigenvalue weighted by Crippen LogP contribution is 2.22. The lowest BCUT2D eigenvalue weighted by molar-refractivity contribution is 0.0691. The number of carboxylic acid groups (broad SMARTS) is 1. The van der Waals surface area contributed by atoms with E-state index in [2.05, 4.69) is 20.3 Å². The molecule has 0 aliphatic carbocycles. The third-order valence-electron chi connectivity index (χ3n) is 3.14. The molecule has 0 unspecified atom stereocenters. The van der Waals surface area contributed by atoms with Crippen molar-refractivity contribution in [3.63, 3.8) is 0 Å². The van der Waals surface area contributed by atoms with E-state index in [0.717, 1.165) is 25.1 Å². The van der Waals surface area contributed by atoms with Gasteiger partial charge >= 0.3 is 5.97 Å². The fourth-order valence-corrected chi connectivity index (χ4v) is 2.09. The first-order valence-corrected chi connectivity index (χ1v) is 6.87. The van der Waals surface area contributed by atoms with Crippen molar-refractivity contribution in [3.8, 4) is 11.3 Å². The number of nitrogens with zero attached hydrogens (tertiary/aromatic N) is 6. The van der Waals surface area contributed by atoms with Gasteiger partial charge in [-0.2, -0.15) is 5.10 Å². The van der Waals surface area contributed by atoms with E-state index in [0.29, 0.717) is 12.2 Å². The van der Waals surface area contributed by atoms with Crippen molar-refractivity contribution < 1.29 is 9.90 Å². The molecule has 2 heterocycles. The molecule has 8 heteroatoms. The Bertz CT molecular complexity index is 616. The molecule has 114 valence electrons. The Kier molecular flexibility index (Phi) is 4.69. The smallest absolute Gasteiger partial charge is 0.358 e. The molecule has 0 saturated heterocycles. The van der Waals surface area contributed by atoms with Gasteiger partial charge in [0.2, 0.25) is 0 Å². The average molecular weight is 292 g/mol. The monoisotopic (exact) mass is 292 g/mol. The van der Waals surface area contributed by atoms with Gasteiger partial charge in [-0.15, -0.1) is 5.10 Å². The maximum Gasteiger partial charge on any atom is 0.358 e. The Morgan fingerprint density at radius 1 is 1.43 bits per heavy atom. The van der Waals surface area contributed by atoms with Crippen molar-refractivity contribution in [1.29, 1.82) is 0 Å². The SMILES string of the molecule is CCn1cc(-c2c(C(=O)O)nnn2CCCN(C)C)cn1. The summed E-state index contributed by atoms with van der Waals surface area (Å²) in [5.74, 6) is -1.08. The zero-order valence-electron chi connectivity index (χ0n) is 12.5. The Balaban J connectivity index is 2.31. The zero-order valence-corrected chi connectivity index (χ0v) is 12.5. The molecule has 0 fully saturated rings. The molecule has 8 nitrogen and oxygen atoms in total. The van der Waals surface area contributed by atoms with Gasteiger partial charge in [0, 0.05) is 24.8 Å². The molecule has 0 amide bonds. The number of aryl methyl sites for hydroxylation is 2. The molecular formula is C13H20N6O2. The lowest BCUT2D eigenvalue weighted by atomic mass is 10.2. The van der Waals surface area contributed by atoms with E-state index in [4.69, 9.17) is 0 Å². The summed E-state index contributed by atoms with van der Waals surface area (Å²) >= 11 is 0. The van der Waals surface area contributed by atoms with Crippen LogP contribution in [-0.4, -0.2) is 61.4 Å². The van der Waals surface area contributed by atoms with Gasteiger partial charge in [0.1, 0.15) is 5.69 Å². The number of aromatic carboxylic acids is 1. The first kappa shape index (κ1) is 15.2. The summed E-state index contributed by atoms with van der Waals surface area (Å²) < 4.78 is 3.39. The number of rotatable bonds is 7. The van der Waals surface area contributed by atoms with E-state index in [1.165, 1.54) is 0 Å². The van der Waals surface area contributed by atoms with Crippen molar-refractivity contribution in [2.75, 3.05) is 20.6 Å². The van der Waals surface area contributed by atoms with Crippen LogP contribution < -0.4 is 0 Å². The summed E-state index contributed by atoms with van der Waals surface area (Å²) in [6.45, 7) is 4.22. The van der Waals surface area contributed by atoms with Crippen LogP contribution in [0.2, 0.25) is 0 Å². The van der Waals surface area contributed by atoms with Crippen LogP contribution in [0, 0.1) is 0 Å². The second-order valence-corrected chi connectivity index (χ2v) is 5.06. The van der Waals surface area contributed by atoms with Crippen molar-refractivity contribution in [3.05, 3.63) is 18.1 Å². The summed E-state index contributed by atoms with van der Waals surface area (Å²) in [6.07, 6.45) is 4.33.